The van der Waals surface area contributed by atoms with Crippen LogP contribution in [0.5, 0.6) is 0 Å². The van der Waals surface area contributed by atoms with Crippen LogP contribution in [0.1, 0.15) is 0 Å². The summed E-state index contributed by atoms with van der Waals surface area (Å²) in [4.78, 5) is 13.3. The van der Waals surface area contributed by atoms with Gasteiger partial charge in [-0.1, -0.05) is 42.5 Å². The van der Waals surface area contributed by atoms with Gasteiger partial charge in [-0.15, -0.1) is 10.2 Å². The third kappa shape index (κ3) is 1.66. The number of aromatic nitrogens is 5. The van der Waals surface area contributed by atoms with Gasteiger partial charge < -0.3 is 0 Å². The second kappa shape index (κ2) is 4.89. The van der Waals surface area contributed by atoms with Crippen molar-refractivity contribution in [2.24, 2.45) is 0 Å². The van der Waals surface area contributed by atoms with E-state index in [-0.39, 0.29) is 0 Å². The Balaban J connectivity index is 1.93. The number of hydrogen-bond donors (Lipinski definition) is 0. The van der Waals surface area contributed by atoms with Crippen LogP contribution in [0.25, 0.3) is 54.6 Å². The molecule has 6 aromatic rings. The molecule has 0 unspecified atom stereocenters. The third-order valence-corrected chi connectivity index (χ3v) is 4.99. The first-order chi connectivity index (χ1) is 12.9. The molecule has 5 heteroatoms. The fraction of sp³-hybridized carbons (Fsp3) is 0. The molecule has 2 heterocycles. The van der Waals surface area contributed by atoms with Crippen molar-refractivity contribution in [1.82, 2.24) is 25.1 Å². The first-order valence-electron chi connectivity index (χ1n) is 8.35. The summed E-state index contributed by atoms with van der Waals surface area (Å²) in [6.45, 7) is 0. The fourth-order valence-electron chi connectivity index (χ4n) is 3.93. The van der Waals surface area contributed by atoms with E-state index in [4.69, 9.17) is 0 Å². The number of benzene rings is 4. The van der Waals surface area contributed by atoms with Crippen LogP contribution in [-0.4, -0.2) is 25.1 Å². The minimum Gasteiger partial charge on any atom is -0.261 e. The zero-order valence-corrected chi connectivity index (χ0v) is 13.6. The molecular weight excluding hydrogens is 322 g/mol. The van der Waals surface area contributed by atoms with Gasteiger partial charge in [0.2, 0.25) is 0 Å². The predicted octanol–water partition coefficient (Wildman–Crippen LogP) is 4.38. The van der Waals surface area contributed by atoms with E-state index in [9.17, 15) is 0 Å². The molecule has 2 aromatic heterocycles. The summed E-state index contributed by atoms with van der Waals surface area (Å²) >= 11 is 0. The van der Waals surface area contributed by atoms with Crippen molar-refractivity contribution >= 4 is 43.4 Å². The molecule has 0 amide bonds. The highest BCUT2D eigenvalue weighted by Gasteiger charge is 2.17. The molecule has 120 valence electrons. The molecule has 0 radical (unpaired) electrons. The first kappa shape index (κ1) is 13.5. The Labute approximate surface area is 147 Å². The van der Waals surface area contributed by atoms with Crippen molar-refractivity contribution in [2.45, 2.75) is 0 Å². The average molecular weight is 333 g/mol. The minimum absolute atomic E-state index is 0.838. The molecule has 4 aromatic carbocycles. The monoisotopic (exact) mass is 333 g/mol. The molecule has 0 aliphatic carbocycles. The maximum absolute atomic E-state index is 4.53. The Morgan fingerprint density at radius 1 is 0.692 bits per heavy atom. The lowest BCUT2D eigenvalue weighted by Gasteiger charge is -2.15. The van der Waals surface area contributed by atoms with Gasteiger partial charge in [-0.3, -0.25) is 9.97 Å². The highest BCUT2D eigenvalue weighted by molar-refractivity contribution is 6.33. The fourth-order valence-corrected chi connectivity index (χ4v) is 3.93. The van der Waals surface area contributed by atoms with Crippen molar-refractivity contribution in [1.29, 1.82) is 0 Å². The SMILES string of the molecule is c1cc2ccc3c(-c4cnccn4)ccc4c5ncnnc5c(c1)c2c34. The van der Waals surface area contributed by atoms with Crippen molar-refractivity contribution in [2.75, 3.05) is 0 Å². The molecule has 0 saturated carbocycles. The highest BCUT2D eigenvalue weighted by Crippen LogP contribution is 2.41. The van der Waals surface area contributed by atoms with E-state index in [0.29, 0.717) is 0 Å². The third-order valence-electron chi connectivity index (χ3n) is 4.99. The highest BCUT2D eigenvalue weighted by atomic mass is 15.1. The summed E-state index contributed by atoms with van der Waals surface area (Å²) in [5, 5.41) is 15.3. The van der Waals surface area contributed by atoms with Crippen molar-refractivity contribution in [3.05, 3.63) is 67.4 Å². The van der Waals surface area contributed by atoms with Crippen molar-refractivity contribution in [3.8, 4) is 11.3 Å². The van der Waals surface area contributed by atoms with Gasteiger partial charge in [-0.25, -0.2) is 4.98 Å². The molecule has 0 atom stereocenters. The smallest absolute Gasteiger partial charge is 0.138 e. The van der Waals surface area contributed by atoms with Gasteiger partial charge in [0.15, 0.2) is 0 Å². The molecule has 26 heavy (non-hydrogen) atoms. The Morgan fingerprint density at radius 2 is 1.62 bits per heavy atom. The summed E-state index contributed by atoms with van der Waals surface area (Å²) < 4.78 is 0. The van der Waals surface area contributed by atoms with E-state index in [1.54, 1.807) is 18.6 Å². The molecule has 5 nitrogen and oxygen atoms in total. The first-order valence-corrected chi connectivity index (χ1v) is 8.35. The molecule has 0 N–H and O–H groups in total. The lowest BCUT2D eigenvalue weighted by Crippen LogP contribution is -1.94. The zero-order chi connectivity index (χ0) is 17.1. The average Bonchev–Trinajstić information content (AvgIpc) is 2.73. The maximum Gasteiger partial charge on any atom is 0.138 e. The summed E-state index contributed by atoms with van der Waals surface area (Å²) in [7, 11) is 0. The van der Waals surface area contributed by atoms with Crippen LogP contribution in [0.3, 0.4) is 0 Å². The van der Waals surface area contributed by atoms with Crippen LogP contribution in [0, 0.1) is 0 Å². The molecule has 0 saturated heterocycles. The van der Waals surface area contributed by atoms with Crippen molar-refractivity contribution < 1.29 is 0 Å². The molecule has 0 bridgehead atoms. The summed E-state index contributed by atoms with van der Waals surface area (Å²) in [5.74, 6) is 0. The van der Waals surface area contributed by atoms with E-state index in [1.807, 2.05) is 0 Å². The Hall–Kier alpha value is -3.73. The van der Waals surface area contributed by atoms with E-state index in [0.717, 1.165) is 38.4 Å². The molecular formula is C21H11N5. The lowest BCUT2D eigenvalue weighted by atomic mass is 9.90. The number of nitrogens with zero attached hydrogens (tertiary/aromatic N) is 5. The second-order valence-electron chi connectivity index (χ2n) is 6.30. The van der Waals surface area contributed by atoms with Crippen molar-refractivity contribution in [3.63, 3.8) is 0 Å². The molecule has 6 rings (SSSR count). The van der Waals surface area contributed by atoms with Crippen LogP contribution in [0.2, 0.25) is 0 Å². The number of hydrogen-bond acceptors (Lipinski definition) is 5. The van der Waals surface area contributed by atoms with Crippen LogP contribution in [-0.2, 0) is 0 Å². The van der Waals surface area contributed by atoms with Crippen LogP contribution >= 0.6 is 0 Å². The van der Waals surface area contributed by atoms with Gasteiger partial charge in [0, 0.05) is 34.1 Å². The van der Waals surface area contributed by atoms with Crippen LogP contribution < -0.4 is 0 Å². The molecule has 0 fully saturated rings. The summed E-state index contributed by atoms with van der Waals surface area (Å²) in [6, 6.07) is 14.8. The minimum atomic E-state index is 0.838. The largest absolute Gasteiger partial charge is 0.261 e. The van der Waals surface area contributed by atoms with E-state index in [1.165, 1.54) is 22.5 Å². The number of fused-ring (bicyclic) bond motifs is 3. The van der Waals surface area contributed by atoms with Crippen LogP contribution in [0.4, 0.5) is 0 Å². The standard InChI is InChI=1S/C21H11N5/c1-2-12-4-5-14-13(17-10-22-8-9-23-17)6-7-16-19(14)18(12)15(3-1)21-20(16)24-11-25-26-21/h1-11H. The summed E-state index contributed by atoms with van der Waals surface area (Å²) in [6.07, 6.45) is 6.72. The molecule has 0 spiro atoms. The van der Waals surface area contributed by atoms with E-state index >= 15 is 0 Å². The topological polar surface area (TPSA) is 64.5 Å². The van der Waals surface area contributed by atoms with E-state index in [2.05, 4.69) is 67.6 Å². The van der Waals surface area contributed by atoms with Gasteiger partial charge in [0.25, 0.3) is 0 Å². The van der Waals surface area contributed by atoms with E-state index < -0.39 is 0 Å². The quantitative estimate of drug-likeness (QED) is 0.330. The Kier molecular flexibility index (Phi) is 2.55. The van der Waals surface area contributed by atoms with Gasteiger partial charge >= 0.3 is 0 Å². The lowest BCUT2D eigenvalue weighted by molar-refractivity contribution is 1.03. The van der Waals surface area contributed by atoms with Crippen LogP contribution in [0.15, 0.2) is 67.4 Å². The number of rotatable bonds is 1. The predicted molar refractivity (Wildman–Crippen MR) is 102 cm³/mol. The van der Waals surface area contributed by atoms with Gasteiger partial charge in [0.1, 0.15) is 17.4 Å². The maximum atomic E-state index is 4.53. The molecule has 0 aliphatic heterocycles. The van der Waals surface area contributed by atoms with Gasteiger partial charge in [-0.2, -0.15) is 0 Å². The van der Waals surface area contributed by atoms with Gasteiger partial charge in [0.05, 0.1) is 11.9 Å². The summed E-state index contributed by atoms with van der Waals surface area (Å²) in [5.41, 5.74) is 3.65. The Bertz CT molecular complexity index is 1430. The van der Waals surface area contributed by atoms with Gasteiger partial charge in [-0.05, 0) is 16.2 Å². The second-order valence-corrected chi connectivity index (χ2v) is 6.30. The normalized spacial score (nSPS) is 11.8. The zero-order valence-electron chi connectivity index (χ0n) is 13.6. The molecule has 0 aliphatic rings. The Morgan fingerprint density at radius 3 is 2.54 bits per heavy atom.